The molecule has 60 valence electrons. The Morgan fingerprint density at radius 2 is 2.30 bits per heavy atom. The summed E-state index contributed by atoms with van der Waals surface area (Å²) in [5, 5.41) is 3.12. The Morgan fingerprint density at radius 1 is 1.60 bits per heavy atom. The molecule has 1 aliphatic rings. The molecule has 0 aromatic rings. The molecule has 0 radical (unpaired) electrons. The standard InChI is InChI=1S/C7H16N2O/c1-8-3-4-9-5-7(6-9)10-2/h7-8H,3-6H2,1-2H3. The quantitative estimate of drug-likeness (QED) is 0.577. The molecule has 1 N–H and O–H groups in total. The van der Waals surface area contributed by atoms with E-state index in [1.165, 1.54) is 0 Å². The van der Waals surface area contributed by atoms with Crippen molar-refractivity contribution in [3.05, 3.63) is 0 Å². The van der Waals surface area contributed by atoms with Crippen LogP contribution in [0.25, 0.3) is 0 Å². The van der Waals surface area contributed by atoms with Gasteiger partial charge >= 0.3 is 0 Å². The summed E-state index contributed by atoms with van der Waals surface area (Å²) in [7, 11) is 3.76. The topological polar surface area (TPSA) is 24.5 Å². The van der Waals surface area contributed by atoms with E-state index in [0.717, 1.165) is 26.2 Å². The Hall–Kier alpha value is -0.120. The van der Waals surface area contributed by atoms with E-state index >= 15 is 0 Å². The van der Waals surface area contributed by atoms with Crippen LogP contribution in [0, 0.1) is 0 Å². The number of ether oxygens (including phenoxy) is 1. The van der Waals surface area contributed by atoms with E-state index in [-0.39, 0.29) is 0 Å². The van der Waals surface area contributed by atoms with Crippen molar-refractivity contribution in [1.29, 1.82) is 0 Å². The maximum absolute atomic E-state index is 5.13. The van der Waals surface area contributed by atoms with Gasteiger partial charge in [0.1, 0.15) is 0 Å². The normalized spacial score (nSPS) is 21.0. The lowest BCUT2D eigenvalue weighted by Gasteiger charge is -2.37. The first-order valence-corrected chi connectivity index (χ1v) is 3.76. The van der Waals surface area contributed by atoms with E-state index in [0.29, 0.717) is 6.10 Å². The summed E-state index contributed by atoms with van der Waals surface area (Å²) in [5.74, 6) is 0. The third-order valence-electron chi connectivity index (χ3n) is 1.94. The fraction of sp³-hybridized carbons (Fsp3) is 1.00. The van der Waals surface area contributed by atoms with Gasteiger partial charge in [-0.05, 0) is 7.05 Å². The summed E-state index contributed by atoms with van der Waals surface area (Å²) in [6.07, 6.45) is 0.497. The smallest absolute Gasteiger partial charge is 0.0824 e. The van der Waals surface area contributed by atoms with Crippen LogP contribution in [0.3, 0.4) is 0 Å². The molecule has 0 saturated carbocycles. The Balaban J connectivity index is 1.93. The predicted octanol–water partition coefficient (Wildman–Crippen LogP) is -0.464. The number of nitrogens with one attached hydrogen (secondary N) is 1. The molecule has 0 aromatic carbocycles. The SMILES string of the molecule is CNCCN1CC(OC)C1. The van der Waals surface area contributed by atoms with Gasteiger partial charge in [-0.15, -0.1) is 0 Å². The van der Waals surface area contributed by atoms with Crippen molar-refractivity contribution >= 4 is 0 Å². The molecule has 1 saturated heterocycles. The molecule has 3 nitrogen and oxygen atoms in total. The van der Waals surface area contributed by atoms with Crippen LogP contribution in [0.15, 0.2) is 0 Å². The zero-order valence-corrected chi connectivity index (χ0v) is 6.76. The highest BCUT2D eigenvalue weighted by Gasteiger charge is 2.24. The predicted molar refractivity (Wildman–Crippen MR) is 41.2 cm³/mol. The Morgan fingerprint density at radius 3 is 2.80 bits per heavy atom. The number of hydrogen-bond acceptors (Lipinski definition) is 3. The van der Waals surface area contributed by atoms with Crippen molar-refractivity contribution in [2.24, 2.45) is 0 Å². The third kappa shape index (κ3) is 1.94. The molecule has 0 unspecified atom stereocenters. The van der Waals surface area contributed by atoms with Crippen molar-refractivity contribution in [2.45, 2.75) is 6.10 Å². The fourth-order valence-corrected chi connectivity index (χ4v) is 1.12. The Labute approximate surface area is 62.3 Å². The van der Waals surface area contributed by atoms with Gasteiger partial charge in [0.2, 0.25) is 0 Å². The van der Waals surface area contributed by atoms with Crippen LogP contribution in [-0.2, 0) is 4.74 Å². The second-order valence-electron chi connectivity index (χ2n) is 2.72. The van der Waals surface area contributed by atoms with E-state index in [9.17, 15) is 0 Å². The molecule has 1 rings (SSSR count). The van der Waals surface area contributed by atoms with E-state index in [2.05, 4.69) is 10.2 Å². The highest BCUT2D eigenvalue weighted by atomic mass is 16.5. The second-order valence-corrected chi connectivity index (χ2v) is 2.72. The van der Waals surface area contributed by atoms with Gasteiger partial charge in [0.25, 0.3) is 0 Å². The molecule has 0 bridgehead atoms. The van der Waals surface area contributed by atoms with Gasteiger partial charge < -0.3 is 10.1 Å². The summed E-state index contributed by atoms with van der Waals surface area (Å²) in [6.45, 7) is 4.45. The number of likely N-dealkylation sites (N-methyl/N-ethyl adjacent to an activating group) is 1. The lowest BCUT2D eigenvalue weighted by molar-refractivity contribution is -0.0281. The first kappa shape index (κ1) is 7.98. The summed E-state index contributed by atoms with van der Waals surface area (Å²) in [4.78, 5) is 2.38. The van der Waals surface area contributed by atoms with E-state index in [1.54, 1.807) is 7.11 Å². The minimum atomic E-state index is 0.497. The number of rotatable bonds is 4. The van der Waals surface area contributed by atoms with Crippen LogP contribution in [0.1, 0.15) is 0 Å². The van der Waals surface area contributed by atoms with Gasteiger partial charge in [0.05, 0.1) is 6.10 Å². The lowest BCUT2D eigenvalue weighted by atomic mass is 10.2. The Bertz CT molecular complexity index is 88.9. The maximum Gasteiger partial charge on any atom is 0.0824 e. The highest BCUT2D eigenvalue weighted by molar-refractivity contribution is 4.79. The van der Waals surface area contributed by atoms with Crippen LogP contribution in [-0.4, -0.2) is 51.3 Å². The van der Waals surface area contributed by atoms with Crippen molar-refractivity contribution in [2.75, 3.05) is 40.3 Å². The number of likely N-dealkylation sites (tertiary alicyclic amines) is 1. The largest absolute Gasteiger partial charge is 0.379 e. The molecule has 0 amide bonds. The first-order chi connectivity index (χ1) is 4.86. The van der Waals surface area contributed by atoms with Crippen LogP contribution in [0.4, 0.5) is 0 Å². The monoisotopic (exact) mass is 144 g/mol. The van der Waals surface area contributed by atoms with Crippen LogP contribution in [0.2, 0.25) is 0 Å². The summed E-state index contributed by atoms with van der Waals surface area (Å²) in [5.41, 5.74) is 0. The zero-order valence-electron chi connectivity index (χ0n) is 6.76. The first-order valence-electron chi connectivity index (χ1n) is 3.76. The number of hydrogen-bond donors (Lipinski definition) is 1. The van der Waals surface area contributed by atoms with Crippen molar-refractivity contribution in [3.8, 4) is 0 Å². The molecular weight excluding hydrogens is 128 g/mol. The number of methoxy groups -OCH3 is 1. The van der Waals surface area contributed by atoms with Crippen molar-refractivity contribution < 1.29 is 4.74 Å². The Kier molecular flexibility index (Phi) is 3.12. The van der Waals surface area contributed by atoms with Gasteiger partial charge in [-0.2, -0.15) is 0 Å². The average molecular weight is 144 g/mol. The highest BCUT2D eigenvalue weighted by Crippen LogP contribution is 2.08. The van der Waals surface area contributed by atoms with Gasteiger partial charge in [0.15, 0.2) is 0 Å². The molecule has 1 heterocycles. The van der Waals surface area contributed by atoms with Crippen molar-refractivity contribution in [1.82, 2.24) is 10.2 Å². The van der Waals surface area contributed by atoms with Crippen molar-refractivity contribution in [3.63, 3.8) is 0 Å². The molecular formula is C7H16N2O. The zero-order chi connectivity index (χ0) is 7.40. The molecule has 0 spiro atoms. The minimum absolute atomic E-state index is 0.497. The van der Waals surface area contributed by atoms with Gasteiger partial charge in [-0.25, -0.2) is 0 Å². The second kappa shape index (κ2) is 3.91. The van der Waals surface area contributed by atoms with Crippen LogP contribution < -0.4 is 5.32 Å². The molecule has 3 heteroatoms. The van der Waals surface area contributed by atoms with E-state index in [4.69, 9.17) is 4.74 Å². The van der Waals surface area contributed by atoms with E-state index < -0.39 is 0 Å². The fourth-order valence-electron chi connectivity index (χ4n) is 1.12. The lowest BCUT2D eigenvalue weighted by Crippen LogP contribution is -2.53. The summed E-state index contributed by atoms with van der Waals surface area (Å²) in [6, 6.07) is 0. The average Bonchev–Trinajstić information content (AvgIpc) is 1.86. The third-order valence-corrected chi connectivity index (χ3v) is 1.94. The minimum Gasteiger partial charge on any atom is -0.379 e. The van der Waals surface area contributed by atoms with Crippen LogP contribution >= 0.6 is 0 Å². The molecule has 0 aliphatic carbocycles. The summed E-state index contributed by atoms with van der Waals surface area (Å²) < 4.78 is 5.13. The van der Waals surface area contributed by atoms with Gasteiger partial charge in [-0.1, -0.05) is 0 Å². The molecule has 0 aromatic heterocycles. The maximum atomic E-state index is 5.13. The number of nitrogens with zero attached hydrogens (tertiary/aromatic N) is 1. The van der Waals surface area contributed by atoms with Gasteiger partial charge in [0, 0.05) is 33.3 Å². The molecule has 10 heavy (non-hydrogen) atoms. The van der Waals surface area contributed by atoms with E-state index in [1.807, 2.05) is 7.05 Å². The molecule has 1 fully saturated rings. The van der Waals surface area contributed by atoms with Gasteiger partial charge in [-0.3, -0.25) is 4.90 Å². The molecule has 0 atom stereocenters. The summed E-state index contributed by atoms with van der Waals surface area (Å²) >= 11 is 0. The molecule has 1 aliphatic heterocycles. The van der Waals surface area contributed by atoms with Crippen LogP contribution in [0.5, 0.6) is 0 Å².